The van der Waals surface area contributed by atoms with E-state index in [1.54, 1.807) is 13.8 Å². The number of aryl methyl sites for hydroxylation is 2. The van der Waals surface area contributed by atoms with Crippen LogP contribution in [0.3, 0.4) is 0 Å². The summed E-state index contributed by atoms with van der Waals surface area (Å²) in [5.74, 6) is -0.406. The molecule has 0 atom stereocenters. The SMILES string of the molecule is Cc1noc(C)c1-c1cc(F)c(CCN2CCCCC2)c(F)c1. The Balaban J connectivity index is 1.80. The normalized spacial score (nSPS) is 16.0. The average molecular weight is 320 g/mol. The van der Waals surface area contributed by atoms with Crippen LogP contribution in [0.15, 0.2) is 16.7 Å². The van der Waals surface area contributed by atoms with Crippen LogP contribution >= 0.6 is 0 Å². The van der Waals surface area contributed by atoms with Crippen LogP contribution in [-0.4, -0.2) is 29.7 Å². The number of halogens is 2. The third kappa shape index (κ3) is 3.44. The van der Waals surface area contributed by atoms with Gasteiger partial charge >= 0.3 is 0 Å². The Morgan fingerprint density at radius 3 is 2.30 bits per heavy atom. The molecule has 3 nitrogen and oxygen atoms in total. The predicted molar refractivity (Wildman–Crippen MR) is 85.3 cm³/mol. The van der Waals surface area contributed by atoms with Crippen molar-refractivity contribution in [2.75, 3.05) is 19.6 Å². The molecule has 1 aromatic heterocycles. The van der Waals surface area contributed by atoms with Crippen LogP contribution in [0.2, 0.25) is 0 Å². The molecule has 124 valence electrons. The Labute approximate surface area is 135 Å². The van der Waals surface area contributed by atoms with E-state index in [2.05, 4.69) is 10.1 Å². The Kier molecular flexibility index (Phi) is 4.76. The highest BCUT2D eigenvalue weighted by atomic mass is 19.1. The van der Waals surface area contributed by atoms with Gasteiger partial charge in [0.15, 0.2) is 0 Å². The molecule has 1 aliphatic rings. The van der Waals surface area contributed by atoms with Crippen molar-refractivity contribution in [1.29, 1.82) is 0 Å². The lowest BCUT2D eigenvalue weighted by atomic mass is 10.00. The van der Waals surface area contributed by atoms with Crippen molar-refractivity contribution >= 4 is 0 Å². The molecule has 1 fully saturated rings. The topological polar surface area (TPSA) is 29.3 Å². The first-order valence-corrected chi connectivity index (χ1v) is 8.20. The first-order valence-electron chi connectivity index (χ1n) is 8.20. The molecule has 0 amide bonds. The maximum atomic E-state index is 14.4. The van der Waals surface area contributed by atoms with Gasteiger partial charge in [-0.2, -0.15) is 0 Å². The fourth-order valence-electron chi connectivity index (χ4n) is 3.33. The first kappa shape index (κ1) is 16.1. The van der Waals surface area contributed by atoms with Crippen molar-refractivity contribution in [1.82, 2.24) is 10.1 Å². The number of hydrogen-bond donors (Lipinski definition) is 0. The Morgan fingerprint density at radius 1 is 1.09 bits per heavy atom. The van der Waals surface area contributed by atoms with Gasteiger partial charge in [-0.3, -0.25) is 0 Å². The van der Waals surface area contributed by atoms with E-state index in [0.29, 0.717) is 35.5 Å². The molecule has 0 unspecified atom stereocenters. The van der Waals surface area contributed by atoms with Crippen LogP contribution in [0.4, 0.5) is 8.78 Å². The molecule has 2 heterocycles. The summed E-state index contributed by atoms with van der Waals surface area (Å²) in [5.41, 5.74) is 1.97. The van der Waals surface area contributed by atoms with Crippen molar-refractivity contribution in [3.63, 3.8) is 0 Å². The van der Waals surface area contributed by atoms with Gasteiger partial charge < -0.3 is 9.42 Å². The summed E-state index contributed by atoms with van der Waals surface area (Å²) in [6.45, 7) is 6.28. The molecule has 0 spiro atoms. The zero-order chi connectivity index (χ0) is 16.4. The lowest BCUT2D eigenvalue weighted by Gasteiger charge is -2.26. The number of piperidine rings is 1. The highest BCUT2D eigenvalue weighted by Crippen LogP contribution is 2.30. The van der Waals surface area contributed by atoms with Crippen molar-refractivity contribution in [3.8, 4) is 11.1 Å². The zero-order valence-corrected chi connectivity index (χ0v) is 13.7. The molecular weight excluding hydrogens is 298 g/mol. The van der Waals surface area contributed by atoms with E-state index in [1.807, 2.05) is 0 Å². The van der Waals surface area contributed by atoms with E-state index >= 15 is 0 Å². The summed E-state index contributed by atoms with van der Waals surface area (Å²) in [6.07, 6.45) is 4.01. The van der Waals surface area contributed by atoms with Crippen LogP contribution in [0, 0.1) is 25.5 Å². The molecule has 0 radical (unpaired) electrons. The van der Waals surface area contributed by atoms with Gasteiger partial charge in [-0.15, -0.1) is 0 Å². The summed E-state index contributed by atoms with van der Waals surface area (Å²) in [5, 5.41) is 3.85. The number of nitrogens with zero attached hydrogens (tertiary/aromatic N) is 2. The van der Waals surface area contributed by atoms with Crippen molar-refractivity contribution in [3.05, 3.63) is 40.8 Å². The standard InChI is InChI=1S/C18H22F2N2O/c1-12-18(13(2)23-21-12)14-10-16(19)15(17(20)11-14)6-9-22-7-4-3-5-8-22/h10-11H,3-9H2,1-2H3. The molecule has 3 rings (SSSR count). The van der Waals surface area contributed by atoms with Crippen molar-refractivity contribution < 1.29 is 13.3 Å². The fourth-order valence-corrected chi connectivity index (χ4v) is 3.33. The molecule has 0 bridgehead atoms. The largest absolute Gasteiger partial charge is 0.361 e. The molecule has 5 heteroatoms. The molecule has 2 aromatic rings. The number of hydrogen-bond acceptors (Lipinski definition) is 3. The van der Waals surface area contributed by atoms with E-state index in [0.717, 1.165) is 13.1 Å². The van der Waals surface area contributed by atoms with E-state index in [1.165, 1.54) is 31.4 Å². The predicted octanol–water partition coefficient (Wildman–Crippen LogP) is 4.27. The molecule has 0 saturated carbocycles. The number of rotatable bonds is 4. The van der Waals surface area contributed by atoms with E-state index < -0.39 is 11.6 Å². The van der Waals surface area contributed by atoms with Gasteiger partial charge in [0.05, 0.1) is 5.69 Å². The van der Waals surface area contributed by atoms with Gasteiger partial charge in [0.2, 0.25) is 0 Å². The van der Waals surface area contributed by atoms with Gasteiger partial charge in [0, 0.05) is 17.7 Å². The second-order valence-corrected chi connectivity index (χ2v) is 6.27. The third-order valence-corrected chi connectivity index (χ3v) is 4.59. The average Bonchev–Trinajstić information content (AvgIpc) is 2.86. The van der Waals surface area contributed by atoms with Crippen LogP contribution in [0.25, 0.3) is 11.1 Å². The van der Waals surface area contributed by atoms with E-state index in [9.17, 15) is 8.78 Å². The van der Waals surface area contributed by atoms with Gasteiger partial charge in [0.25, 0.3) is 0 Å². The highest BCUT2D eigenvalue weighted by Gasteiger charge is 2.18. The summed E-state index contributed by atoms with van der Waals surface area (Å²) in [6, 6.07) is 2.78. The van der Waals surface area contributed by atoms with Gasteiger partial charge in [0.1, 0.15) is 17.4 Å². The van der Waals surface area contributed by atoms with Crippen LogP contribution in [0.5, 0.6) is 0 Å². The molecule has 23 heavy (non-hydrogen) atoms. The molecule has 1 aliphatic heterocycles. The van der Waals surface area contributed by atoms with Crippen molar-refractivity contribution in [2.24, 2.45) is 0 Å². The van der Waals surface area contributed by atoms with Crippen LogP contribution in [-0.2, 0) is 6.42 Å². The van der Waals surface area contributed by atoms with Crippen LogP contribution in [0.1, 0.15) is 36.3 Å². The van der Waals surface area contributed by atoms with Gasteiger partial charge in [-0.25, -0.2) is 8.78 Å². The minimum absolute atomic E-state index is 0.172. The Hall–Kier alpha value is -1.75. The summed E-state index contributed by atoms with van der Waals surface area (Å²) in [7, 11) is 0. The Bertz CT molecular complexity index is 648. The summed E-state index contributed by atoms with van der Waals surface area (Å²) in [4.78, 5) is 2.28. The smallest absolute Gasteiger partial charge is 0.141 e. The molecule has 1 saturated heterocycles. The summed E-state index contributed by atoms with van der Waals surface area (Å²) >= 11 is 0. The highest BCUT2D eigenvalue weighted by molar-refractivity contribution is 5.68. The second kappa shape index (κ2) is 6.79. The lowest BCUT2D eigenvalue weighted by molar-refractivity contribution is 0.230. The second-order valence-electron chi connectivity index (χ2n) is 6.27. The Morgan fingerprint density at radius 2 is 1.74 bits per heavy atom. The third-order valence-electron chi connectivity index (χ3n) is 4.59. The quantitative estimate of drug-likeness (QED) is 0.843. The van der Waals surface area contributed by atoms with E-state index in [4.69, 9.17) is 4.52 Å². The number of likely N-dealkylation sites (tertiary alicyclic amines) is 1. The van der Waals surface area contributed by atoms with Crippen LogP contribution < -0.4 is 0 Å². The molecular formula is C18H22F2N2O. The van der Waals surface area contributed by atoms with Crippen molar-refractivity contribution in [2.45, 2.75) is 39.5 Å². The fraction of sp³-hybridized carbons (Fsp3) is 0.500. The van der Waals surface area contributed by atoms with Gasteiger partial charge in [-0.05, 0) is 63.9 Å². The molecule has 0 N–H and O–H groups in total. The molecule has 1 aromatic carbocycles. The number of aromatic nitrogens is 1. The zero-order valence-electron chi connectivity index (χ0n) is 13.7. The minimum Gasteiger partial charge on any atom is -0.361 e. The maximum absolute atomic E-state index is 14.4. The molecule has 0 aliphatic carbocycles. The lowest BCUT2D eigenvalue weighted by Crippen LogP contribution is -2.31. The number of benzene rings is 1. The first-order chi connectivity index (χ1) is 11.1. The van der Waals surface area contributed by atoms with Gasteiger partial charge in [-0.1, -0.05) is 11.6 Å². The minimum atomic E-state index is -0.489. The summed E-state index contributed by atoms with van der Waals surface area (Å²) < 4.78 is 33.9. The van der Waals surface area contributed by atoms with E-state index in [-0.39, 0.29) is 5.56 Å². The monoisotopic (exact) mass is 320 g/mol. The maximum Gasteiger partial charge on any atom is 0.141 e.